The summed E-state index contributed by atoms with van der Waals surface area (Å²) in [6, 6.07) is 11.9. The number of anilines is 1. The van der Waals surface area contributed by atoms with E-state index in [2.05, 4.69) is 15.5 Å². The first-order chi connectivity index (χ1) is 13.5. The monoisotopic (exact) mass is 399 g/mol. The van der Waals surface area contributed by atoms with Gasteiger partial charge in [-0.15, -0.1) is 10.2 Å². The summed E-state index contributed by atoms with van der Waals surface area (Å²) in [5.74, 6) is 0.515. The summed E-state index contributed by atoms with van der Waals surface area (Å²) >= 11 is 1.21. The van der Waals surface area contributed by atoms with Crippen LogP contribution in [0.4, 0.5) is 11.4 Å². The Morgan fingerprint density at radius 1 is 1.29 bits per heavy atom. The van der Waals surface area contributed by atoms with Gasteiger partial charge < -0.3 is 10.1 Å². The number of hydrogen-bond donors (Lipinski definition) is 1. The maximum Gasteiger partial charge on any atom is 0.274 e. The Hall–Kier alpha value is -3.40. The Morgan fingerprint density at radius 3 is 2.71 bits per heavy atom. The summed E-state index contributed by atoms with van der Waals surface area (Å²) in [5, 5.41) is 22.2. The fourth-order valence-electron chi connectivity index (χ4n) is 2.45. The van der Waals surface area contributed by atoms with Crippen LogP contribution in [0.5, 0.6) is 5.75 Å². The molecule has 1 amide bonds. The molecule has 0 unspecified atom stereocenters. The van der Waals surface area contributed by atoms with E-state index in [1.54, 1.807) is 37.1 Å². The number of ether oxygens (including phenoxy) is 1. The molecule has 0 fully saturated rings. The van der Waals surface area contributed by atoms with E-state index in [1.807, 2.05) is 24.3 Å². The molecule has 0 atom stereocenters. The van der Waals surface area contributed by atoms with Gasteiger partial charge in [0.05, 0.1) is 17.8 Å². The third kappa shape index (κ3) is 4.46. The second kappa shape index (κ2) is 8.53. The van der Waals surface area contributed by atoms with Gasteiger partial charge in [-0.25, -0.2) is 0 Å². The lowest BCUT2D eigenvalue weighted by Gasteiger charge is -2.08. The molecule has 2 aromatic carbocycles. The number of rotatable bonds is 7. The molecule has 3 aromatic rings. The van der Waals surface area contributed by atoms with Gasteiger partial charge in [0.15, 0.2) is 5.16 Å². The lowest BCUT2D eigenvalue weighted by atomic mass is 10.2. The van der Waals surface area contributed by atoms with E-state index in [1.165, 1.54) is 17.8 Å². The molecule has 1 aromatic heterocycles. The fraction of sp³-hybridized carbons (Fsp3) is 0.167. The van der Waals surface area contributed by atoms with Crippen molar-refractivity contribution < 1.29 is 14.5 Å². The van der Waals surface area contributed by atoms with E-state index in [0.717, 1.165) is 11.4 Å². The van der Waals surface area contributed by atoms with E-state index in [9.17, 15) is 14.9 Å². The molecule has 0 spiro atoms. The summed E-state index contributed by atoms with van der Waals surface area (Å²) < 4.78 is 6.90. The van der Waals surface area contributed by atoms with Crippen LogP contribution >= 0.6 is 11.8 Å². The van der Waals surface area contributed by atoms with Crippen molar-refractivity contribution in [3.8, 4) is 11.4 Å². The number of nitrogens with zero attached hydrogens (tertiary/aromatic N) is 4. The van der Waals surface area contributed by atoms with Gasteiger partial charge in [0.25, 0.3) is 5.69 Å². The number of hydrogen-bond acceptors (Lipinski definition) is 7. The lowest BCUT2D eigenvalue weighted by Crippen LogP contribution is -2.14. The summed E-state index contributed by atoms with van der Waals surface area (Å²) in [4.78, 5) is 22.8. The Bertz CT molecular complexity index is 1000. The Balaban J connectivity index is 1.65. The van der Waals surface area contributed by atoms with Crippen LogP contribution in [0.2, 0.25) is 0 Å². The minimum absolute atomic E-state index is 0.0373. The van der Waals surface area contributed by atoms with Crippen LogP contribution in [-0.2, 0) is 4.79 Å². The molecule has 1 heterocycles. The summed E-state index contributed by atoms with van der Waals surface area (Å²) in [6.07, 6.45) is 1.56. The third-order valence-corrected chi connectivity index (χ3v) is 4.83. The number of aromatic nitrogens is 3. The van der Waals surface area contributed by atoms with Gasteiger partial charge >= 0.3 is 0 Å². The van der Waals surface area contributed by atoms with Crippen LogP contribution in [0.3, 0.4) is 0 Å². The molecular formula is C18H17N5O4S. The molecule has 144 valence electrons. The highest BCUT2D eigenvalue weighted by Crippen LogP contribution is 2.24. The van der Waals surface area contributed by atoms with Gasteiger partial charge in [-0.1, -0.05) is 17.8 Å². The molecule has 10 heteroatoms. The highest BCUT2D eigenvalue weighted by Gasteiger charge is 2.14. The first-order valence-electron chi connectivity index (χ1n) is 8.20. The zero-order valence-electron chi connectivity index (χ0n) is 15.2. The fourth-order valence-corrected chi connectivity index (χ4v) is 3.18. The predicted molar refractivity (Wildman–Crippen MR) is 105 cm³/mol. The van der Waals surface area contributed by atoms with Crippen molar-refractivity contribution in [3.05, 3.63) is 64.5 Å². The second-order valence-electron chi connectivity index (χ2n) is 5.78. The molecule has 3 rings (SSSR count). The van der Waals surface area contributed by atoms with Crippen molar-refractivity contribution in [1.29, 1.82) is 0 Å². The van der Waals surface area contributed by atoms with Crippen molar-refractivity contribution in [2.24, 2.45) is 0 Å². The third-order valence-electron chi connectivity index (χ3n) is 3.89. The molecule has 1 N–H and O–H groups in total. The maximum absolute atomic E-state index is 12.2. The predicted octanol–water partition coefficient (Wildman–Crippen LogP) is 3.22. The topological polar surface area (TPSA) is 112 Å². The Labute approximate surface area is 164 Å². The van der Waals surface area contributed by atoms with E-state index in [0.29, 0.717) is 16.4 Å². The maximum atomic E-state index is 12.2. The molecule has 0 aliphatic heterocycles. The van der Waals surface area contributed by atoms with E-state index in [-0.39, 0.29) is 17.3 Å². The van der Waals surface area contributed by atoms with Crippen molar-refractivity contribution >= 4 is 29.0 Å². The lowest BCUT2D eigenvalue weighted by molar-refractivity contribution is -0.385. The number of amides is 1. The molecule has 0 saturated heterocycles. The standard InChI is InChI=1S/C18H17N5O4S/c1-12-3-4-13(9-16(12)23(25)26)20-17(24)10-28-18-21-19-11-22(18)14-5-7-15(27-2)8-6-14/h3-9,11H,10H2,1-2H3,(H,20,24). The highest BCUT2D eigenvalue weighted by atomic mass is 32.2. The smallest absolute Gasteiger partial charge is 0.274 e. The quantitative estimate of drug-likeness (QED) is 0.369. The minimum atomic E-state index is -0.475. The highest BCUT2D eigenvalue weighted by molar-refractivity contribution is 7.99. The number of carbonyl (C=O) groups is 1. The Morgan fingerprint density at radius 2 is 2.04 bits per heavy atom. The van der Waals surface area contributed by atoms with Crippen molar-refractivity contribution in [3.63, 3.8) is 0 Å². The van der Waals surface area contributed by atoms with Crippen molar-refractivity contribution in [2.45, 2.75) is 12.1 Å². The van der Waals surface area contributed by atoms with Crippen LogP contribution in [0.1, 0.15) is 5.56 Å². The first kappa shape index (κ1) is 19.4. The molecule has 0 radical (unpaired) electrons. The molecule has 0 aliphatic rings. The van der Waals surface area contributed by atoms with E-state index >= 15 is 0 Å². The van der Waals surface area contributed by atoms with Crippen LogP contribution in [0, 0.1) is 17.0 Å². The van der Waals surface area contributed by atoms with Crippen LogP contribution < -0.4 is 10.1 Å². The number of methoxy groups -OCH3 is 1. The van der Waals surface area contributed by atoms with Gasteiger partial charge in [0.1, 0.15) is 12.1 Å². The van der Waals surface area contributed by atoms with Gasteiger partial charge in [-0.3, -0.25) is 19.5 Å². The summed E-state index contributed by atoms with van der Waals surface area (Å²) in [7, 11) is 1.59. The minimum Gasteiger partial charge on any atom is -0.497 e. The van der Waals surface area contributed by atoms with Crippen molar-refractivity contribution in [2.75, 3.05) is 18.2 Å². The number of aryl methyl sites for hydroxylation is 1. The van der Waals surface area contributed by atoms with Crippen LogP contribution in [0.15, 0.2) is 53.9 Å². The average Bonchev–Trinajstić information content (AvgIpc) is 3.16. The molecule has 0 bridgehead atoms. The van der Waals surface area contributed by atoms with Crippen LogP contribution in [-0.4, -0.2) is 38.5 Å². The number of nitro benzene ring substituents is 1. The molecular weight excluding hydrogens is 382 g/mol. The SMILES string of the molecule is COc1ccc(-n2cnnc2SCC(=O)Nc2ccc(C)c([N+](=O)[O-])c2)cc1. The number of nitrogens with one attached hydrogen (secondary N) is 1. The van der Waals surface area contributed by atoms with Gasteiger partial charge in [-0.05, 0) is 37.3 Å². The molecule has 28 heavy (non-hydrogen) atoms. The number of nitro groups is 1. The average molecular weight is 399 g/mol. The molecule has 0 saturated carbocycles. The molecule has 0 aliphatic carbocycles. The van der Waals surface area contributed by atoms with Gasteiger partial charge in [0, 0.05) is 23.0 Å². The largest absolute Gasteiger partial charge is 0.497 e. The molecule has 9 nitrogen and oxygen atoms in total. The zero-order valence-corrected chi connectivity index (χ0v) is 16.0. The first-order valence-corrected chi connectivity index (χ1v) is 9.18. The summed E-state index contributed by atoms with van der Waals surface area (Å²) in [6.45, 7) is 1.64. The van der Waals surface area contributed by atoms with Gasteiger partial charge in [-0.2, -0.15) is 0 Å². The second-order valence-corrected chi connectivity index (χ2v) is 6.72. The zero-order chi connectivity index (χ0) is 20.1. The van der Waals surface area contributed by atoms with E-state index < -0.39 is 4.92 Å². The number of thioether (sulfide) groups is 1. The summed E-state index contributed by atoms with van der Waals surface area (Å²) in [5.41, 5.74) is 1.71. The normalized spacial score (nSPS) is 10.5. The Kier molecular flexibility index (Phi) is 5.90. The van der Waals surface area contributed by atoms with Crippen molar-refractivity contribution in [1.82, 2.24) is 14.8 Å². The van der Waals surface area contributed by atoms with E-state index in [4.69, 9.17) is 4.74 Å². The number of carbonyl (C=O) groups excluding carboxylic acids is 1. The van der Waals surface area contributed by atoms with Crippen LogP contribution in [0.25, 0.3) is 5.69 Å². The van der Waals surface area contributed by atoms with Gasteiger partial charge in [0.2, 0.25) is 5.91 Å². The number of benzene rings is 2.